The number of carbonyl (C=O) groups excluding carboxylic acids is 2. The summed E-state index contributed by atoms with van der Waals surface area (Å²) < 4.78 is 10.2. The fourth-order valence-electron chi connectivity index (χ4n) is 2.55. The van der Waals surface area contributed by atoms with Crippen LogP contribution in [0, 0.1) is 28.6 Å². The summed E-state index contributed by atoms with van der Waals surface area (Å²) in [6.07, 6.45) is 1.81. The minimum atomic E-state index is -1.47. The highest BCUT2D eigenvalue weighted by Gasteiger charge is 2.52. The van der Waals surface area contributed by atoms with Crippen molar-refractivity contribution in [3.05, 3.63) is 0 Å². The van der Waals surface area contributed by atoms with Crippen LogP contribution in [-0.4, -0.2) is 25.2 Å². The van der Waals surface area contributed by atoms with Crippen molar-refractivity contribution in [3.8, 4) is 6.07 Å². The molecule has 120 valence electrons. The van der Waals surface area contributed by atoms with Gasteiger partial charge in [-0.05, 0) is 26.2 Å². The Bertz CT molecular complexity index is 386. The average Bonchev–Trinajstić information content (AvgIpc) is 2.43. The van der Waals surface area contributed by atoms with Crippen LogP contribution in [0.5, 0.6) is 0 Å². The van der Waals surface area contributed by atoms with Crippen molar-refractivity contribution in [1.82, 2.24) is 0 Å². The minimum Gasteiger partial charge on any atom is -0.466 e. The van der Waals surface area contributed by atoms with E-state index in [0.717, 1.165) is 6.42 Å². The number of nitriles is 1. The van der Waals surface area contributed by atoms with E-state index in [4.69, 9.17) is 9.47 Å². The van der Waals surface area contributed by atoms with Gasteiger partial charge in [-0.15, -0.1) is 0 Å². The second-order valence-corrected chi connectivity index (χ2v) is 5.38. The third-order valence-corrected chi connectivity index (χ3v) is 3.50. The van der Waals surface area contributed by atoms with Crippen molar-refractivity contribution in [2.45, 2.75) is 53.9 Å². The molecule has 0 fully saturated rings. The van der Waals surface area contributed by atoms with Crippen molar-refractivity contribution in [1.29, 1.82) is 5.26 Å². The Balaban J connectivity index is 5.73. The van der Waals surface area contributed by atoms with Crippen LogP contribution < -0.4 is 0 Å². The van der Waals surface area contributed by atoms with E-state index in [0.29, 0.717) is 12.8 Å². The molecule has 0 aromatic rings. The number of nitrogens with zero attached hydrogens (tertiary/aromatic N) is 1. The summed E-state index contributed by atoms with van der Waals surface area (Å²) in [5, 5.41) is 9.68. The Morgan fingerprint density at radius 2 is 1.71 bits per heavy atom. The minimum absolute atomic E-state index is 0.183. The highest BCUT2D eigenvalue weighted by molar-refractivity contribution is 5.88. The Morgan fingerprint density at radius 3 is 2.10 bits per heavy atom. The number of hydrogen-bond acceptors (Lipinski definition) is 5. The van der Waals surface area contributed by atoms with Crippen LogP contribution in [0.3, 0.4) is 0 Å². The fourth-order valence-corrected chi connectivity index (χ4v) is 2.55. The van der Waals surface area contributed by atoms with Crippen LogP contribution in [0.2, 0.25) is 0 Å². The topological polar surface area (TPSA) is 76.4 Å². The van der Waals surface area contributed by atoms with E-state index in [1.807, 2.05) is 20.8 Å². The SMILES string of the molecule is CCCCC(C#N)(C(=O)OCC)C(C(=O)OCC)C(C)C. The first-order chi connectivity index (χ1) is 9.91. The van der Waals surface area contributed by atoms with Gasteiger partial charge in [0.1, 0.15) is 0 Å². The number of rotatable bonds is 9. The second kappa shape index (κ2) is 9.38. The van der Waals surface area contributed by atoms with E-state index in [1.54, 1.807) is 13.8 Å². The Labute approximate surface area is 127 Å². The quantitative estimate of drug-likeness (QED) is 0.611. The van der Waals surface area contributed by atoms with Crippen LogP contribution in [0.25, 0.3) is 0 Å². The Hall–Kier alpha value is -1.57. The molecule has 0 N–H and O–H groups in total. The van der Waals surface area contributed by atoms with Gasteiger partial charge in [0, 0.05) is 0 Å². The molecule has 0 spiro atoms. The lowest BCUT2D eigenvalue weighted by atomic mass is 9.68. The molecule has 2 atom stereocenters. The molecule has 0 aliphatic rings. The van der Waals surface area contributed by atoms with Gasteiger partial charge in [0.25, 0.3) is 0 Å². The van der Waals surface area contributed by atoms with Crippen LogP contribution >= 0.6 is 0 Å². The van der Waals surface area contributed by atoms with Gasteiger partial charge in [-0.3, -0.25) is 9.59 Å². The molecule has 5 heteroatoms. The van der Waals surface area contributed by atoms with Gasteiger partial charge in [-0.2, -0.15) is 5.26 Å². The number of unbranched alkanes of at least 4 members (excludes halogenated alkanes) is 1. The van der Waals surface area contributed by atoms with Crippen LogP contribution in [-0.2, 0) is 19.1 Å². The molecule has 0 aliphatic heterocycles. The maximum Gasteiger partial charge on any atom is 0.327 e. The molecule has 0 heterocycles. The van der Waals surface area contributed by atoms with E-state index in [9.17, 15) is 14.9 Å². The molecule has 0 amide bonds. The second-order valence-electron chi connectivity index (χ2n) is 5.38. The molecule has 0 rings (SSSR count). The molecule has 0 saturated heterocycles. The number of ether oxygens (including phenoxy) is 2. The summed E-state index contributed by atoms with van der Waals surface area (Å²) in [6, 6.07) is 2.08. The van der Waals surface area contributed by atoms with E-state index in [1.165, 1.54) is 0 Å². The van der Waals surface area contributed by atoms with Crippen molar-refractivity contribution >= 4 is 11.9 Å². The number of carbonyl (C=O) groups is 2. The average molecular weight is 297 g/mol. The molecule has 2 unspecified atom stereocenters. The van der Waals surface area contributed by atoms with E-state index in [2.05, 4.69) is 6.07 Å². The highest BCUT2D eigenvalue weighted by Crippen LogP contribution is 2.40. The van der Waals surface area contributed by atoms with E-state index < -0.39 is 23.3 Å². The van der Waals surface area contributed by atoms with Crippen molar-refractivity contribution in [2.24, 2.45) is 17.3 Å². The lowest BCUT2D eigenvalue weighted by Gasteiger charge is -2.33. The molecule has 0 radical (unpaired) electrons. The zero-order chi connectivity index (χ0) is 16.5. The summed E-state index contributed by atoms with van der Waals surface area (Å²) in [5.74, 6) is -2.12. The van der Waals surface area contributed by atoms with Crippen molar-refractivity contribution in [2.75, 3.05) is 13.2 Å². The largest absolute Gasteiger partial charge is 0.466 e. The molecule has 0 bridgehead atoms. The maximum absolute atomic E-state index is 12.4. The first-order valence-corrected chi connectivity index (χ1v) is 7.66. The van der Waals surface area contributed by atoms with Gasteiger partial charge in [0.15, 0.2) is 5.41 Å². The highest BCUT2D eigenvalue weighted by atomic mass is 16.5. The predicted octanol–water partition coefficient (Wildman–Crippen LogP) is 3.08. The molecule has 0 aromatic heterocycles. The zero-order valence-electron chi connectivity index (χ0n) is 13.8. The van der Waals surface area contributed by atoms with Gasteiger partial charge >= 0.3 is 11.9 Å². The molecular formula is C16H27NO4. The third kappa shape index (κ3) is 4.73. The first kappa shape index (κ1) is 19.4. The standard InChI is InChI=1S/C16H27NO4/c1-6-9-10-16(11-17,15(19)21-8-3)13(12(4)5)14(18)20-7-2/h12-13H,6-10H2,1-5H3. The Kier molecular flexibility index (Phi) is 8.68. The number of esters is 2. The van der Waals surface area contributed by atoms with Crippen molar-refractivity contribution in [3.63, 3.8) is 0 Å². The summed E-state index contributed by atoms with van der Waals surface area (Å²) in [7, 11) is 0. The van der Waals surface area contributed by atoms with Crippen LogP contribution in [0.1, 0.15) is 53.9 Å². The number of hydrogen-bond donors (Lipinski definition) is 0. The smallest absolute Gasteiger partial charge is 0.327 e. The van der Waals surface area contributed by atoms with Gasteiger partial charge in [-0.1, -0.05) is 33.6 Å². The molecular weight excluding hydrogens is 270 g/mol. The maximum atomic E-state index is 12.4. The van der Waals surface area contributed by atoms with Crippen LogP contribution in [0.4, 0.5) is 0 Å². The summed E-state index contributed by atoms with van der Waals surface area (Å²) in [4.78, 5) is 24.7. The van der Waals surface area contributed by atoms with Gasteiger partial charge in [0.2, 0.25) is 0 Å². The normalized spacial score (nSPS) is 14.9. The zero-order valence-corrected chi connectivity index (χ0v) is 13.8. The fraction of sp³-hybridized carbons (Fsp3) is 0.812. The van der Waals surface area contributed by atoms with Crippen LogP contribution in [0.15, 0.2) is 0 Å². The summed E-state index contributed by atoms with van der Waals surface area (Å²) in [5.41, 5.74) is -1.47. The molecule has 0 aromatic carbocycles. The van der Waals surface area contributed by atoms with Gasteiger partial charge in [-0.25, -0.2) is 0 Å². The lowest BCUT2D eigenvalue weighted by molar-refractivity contribution is -0.168. The lowest BCUT2D eigenvalue weighted by Crippen LogP contribution is -2.46. The first-order valence-electron chi connectivity index (χ1n) is 7.66. The molecule has 0 aliphatic carbocycles. The van der Waals surface area contributed by atoms with Crippen molar-refractivity contribution < 1.29 is 19.1 Å². The Morgan fingerprint density at radius 1 is 1.14 bits per heavy atom. The summed E-state index contributed by atoms with van der Waals surface area (Å²) >= 11 is 0. The molecule has 5 nitrogen and oxygen atoms in total. The molecule has 0 saturated carbocycles. The van der Waals surface area contributed by atoms with E-state index >= 15 is 0 Å². The molecule has 21 heavy (non-hydrogen) atoms. The third-order valence-electron chi connectivity index (χ3n) is 3.50. The summed E-state index contributed by atoms with van der Waals surface area (Å²) in [6.45, 7) is 9.41. The van der Waals surface area contributed by atoms with E-state index in [-0.39, 0.29) is 19.1 Å². The van der Waals surface area contributed by atoms with Gasteiger partial charge in [0.05, 0.1) is 25.2 Å². The predicted molar refractivity (Wildman–Crippen MR) is 79.2 cm³/mol. The van der Waals surface area contributed by atoms with Gasteiger partial charge < -0.3 is 9.47 Å². The monoisotopic (exact) mass is 297 g/mol.